The van der Waals surface area contributed by atoms with Crippen molar-refractivity contribution in [1.82, 2.24) is 0 Å². The highest BCUT2D eigenvalue weighted by molar-refractivity contribution is 9.10. The molecule has 0 unspecified atom stereocenters. The van der Waals surface area contributed by atoms with E-state index >= 15 is 0 Å². The Bertz CT molecular complexity index is 495. The summed E-state index contributed by atoms with van der Waals surface area (Å²) in [6.45, 7) is 0. The number of hydrogen-bond acceptors (Lipinski definition) is 2. The number of nitrogens with one attached hydrogen (secondary N) is 1. The second kappa shape index (κ2) is 5.29. The lowest BCUT2D eigenvalue weighted by molar-refractivity contribution is 0.592. The van der Waals surface area contributed by atoms with E-state index in [0.29, 0.717) is 0 Å². The topological polar surface area (TPSA) is 46.2 Å². The zero-order valence-corrected chi connectivity index (χ0v) is 11.0. The summed E-state index contributed by atoms with van der Waals surface area (Å²) in [5, 5.41) is 0. The minimum atomic E-state index is -3.74. The van der Waals surface area contributed by atoms with Gasteiger partial charge < -0.3 is 0 Å². The lowest BCUT2D eigenvalue weighted by atomic mass is 10.3. The fourth-order valence-electron chi connectivity index (χ4n) is 0.921. The second-order valence-electron chi connectivity index (χ2n) is 2.86. The second-order valence-corrected chi connectivity index (χ2v) is 5.93. The van der Waals surface area contributed by atoms with E-state index in [9.17, 15) is 17.2 Å². The number of rotatable bonds is 4. The highest BCUT2D eigenvalue weighted by Crippen LogP contribution is 2.24. The molecule has 8 heteroatoms. The maximum Gasteiger partial charge on any atom is 0.233 e. The first kappa shape index (κ1) is 13.7. The molecule has 1 rings (SSSR count). The highest BCUT2D eigenvalue weighted by atomic mass is 79.9. The average Bonchev–Trinajstić information content (AvgIpc) is 2.13. The van der Waals surface area contributed by atoms with Gasteiger partial charge in [-0.15, -0.1) is 11.6 Å². The predicted octanol–water partition coefficient (Wildman–Crippen LogP) is 2.71. The van der Waals surface area contributed by atoms with Gasteiger partial charge in [0, 0.05) is 11.9 Å². The fraction of sp³-hybridized carbons (Fsp3) is 0.250. The van der Waals surface area contributed by atoms with Crippen LogP contribution in [-0.4, -0.2) is 20.1 Å². The Kier molecular flexibility index (Phi) is 4.52. The van der Waals surface area contributed by atoms with Crippen molar-refractivity contribution in [3.8, 4) is 0 Å². The monoisotopic (exact) mass is 333 g/mol. The summed E-state index contributed by atoms with van der Waals surface area (Å²) in [5.74, 6) is -2.13. The Balaban J connectivity index is 3.03. The van der Waals surface area contributed by atoms with Crippen LogP contribution >= 0.6 is 27.5 Å². The van der Waals surface area contributed by atoms with Crippen LogP contribution in [0.3, 0.4) is 0 Å². The highest BCUT2D eigenvalue weighted by Gasteiger charge is 2.14. The van der Waals surface area contributed by atoms with E-state index in [1.165, 1.54) is 0 Å². The summed E-state index contributed by atoms with van der Waals surface area (Å²) in [7, 11) is -3.74. The Hall–Kier alpha value is -0.400. The maximum atomic E-state index is 13.2. The van der Waals surface area contributed by atoms with Gasteiger partial charge in [-0.25, -0.2) is 17.2 Å². The van der Waals surface area contributed by atoms with Crippen molar-refractivity contribution >= 4 is 43.2 Å². The SMILES string of the molecule is O=S(=O)(CCCl)Nc1cc(F)c(Br)cc1F. The molecule has 16 heavy (non-hydrogen) atoms. The van der Waals surface area contributed by atoms with Gasteiger partial charge in [0.2, 0.25) is 10.0 Å². The van der Waals surface area contributed by atoms with Gasteiger partial charge in [-0.3, -0.25) is 4.72 Å². The molecule has 0 aliphatic carbocycles. The van der Waals surface area contributed by atoms with Crippen LogP contribution in [0.2, 0.25) is 0 Å². The molecule has 0 aliphatic heterocycles. The normalized spacial score (nSPS) is 11.5. The van der Waals surface area contributed by atoms with Gasteiger partial charge in [0.1, 0.15) is 11.6 Å². The maximum absolute atomic E-state index is 13.2. The van der Waals surface area contributed by atoms with E-state index in [2.05, 4.69) is 15.9 Å². The van der Waals surface area contributed by atoms with Gasteiger partial charge >= 0.3 is 0 Å². The predicted molar refractivity (Wildman–Crippen MR) is 62.2 cm³/mol. The van der Waals surface area contributed by atoms with Crippen molar-refractivity contribution in [2.75, 3.05) is 16.4 Å². The van der Waals surface area contributed by atoms with Crippen LogP contribution in [0, 0.1) is 11.6 Å². The Morgan fingerprint density at radius 3 is 2.50 bits per heavy atom. The molecule has 0 atom stereocenters. The first-order valence-electron chi connectivity index (χ1n) is 4.07. The van der Waals surface area contributed by atoms with Gasteiger partial charge in [0.25, 0.3) is 0 Å². The molecule has 0 bridgehead atoms. The van der Waals surface area contributed by atoms with Crippen LogP contribution in [0.4, 0.5) is 14.5 Å². The summed E-state index contributed by atoms with van der Waals surface area (Å²) in [6, 6.07) is 1.60. The Morgan fingerprint density at radius 2 is 1.94 bits per heavy atom. The van der Waals surface area contributed by atoms with Crippen molar-refractivity contribution in [3.05, 3.63) is 28.2 Å². The van der Waals surface area contributed by atoms with E-state index < -0.39 is 27.3 Å². The van der Waals surface area contributed by atoms with E-state index in [-0.39, 0.29) is 16.1 Å². The first-order chi connectivity index (χ1) is 7.35. The smallest absolute Gasteiger partial charge is 0.233 e. The standard InChI is InChI=1S/C8H7BrClF2NO2S/c9-5-3-7(12)8(4-6(5)11)13-16(14,15)2-1-10/h3-4,13H,1-2H2. The molecule has 0 heterocycles. The van der Waals surface area contributed by atoms with E-state index in [1.54, 1.807) is 0 Å². The van der Waals surface area contributed by atoms with Gasteiger partial charge in [-0.2, -0.15) is 0 Å². The molecule has 0 aliphatic rings. The molecular weight excluding hydrogens is 328 g/mol. The van der Waals surface area contributed by atoms with Gasteiger partial charge in [0.15, 0.2) is 0 Å². The third-order valence-corrected chi connectivity index (χ3v) is 3.91. The zero-order valence-electron chi connectivity index (χ0n) is 7.81. The minimum absolute atomic E-state index is 0.0784. The van der Waals surface area contributed by atoms with Crippen molar-refractivity contribution in [1.29, 1.82) is 0 Å². The molecule has 0 aromatic heterocycles. The van der Waals surface area contributed by atoms with Gasteiger partial charge in [-0.05, 0) is 22.0 Å². The molecule has 0 radical (unpaired) electrons. The number of benzene rings is 1. The molecule has 3 nitrogen and oxygen atoms in total. The third kappa shape index (κ3) is 3.57. The van der Waals surface area contributed by atoms with Crippen LogP contribution in [0.25, 0.3) is 0 Å². The van der Waals surface area contributed by atoms with E-state index in [4.69, 9.17) is 11.6 Å². The summed E-state index contributed by atoms with van der Waals surface area (Å²) in [5.41, 5.74) is -0.439. The molecule has 0 fully saturated rings. The number of halogens is 4. The Morgan fingerprint density at radius 1 is 1.31 bits per heavy atom. The van der Waals surface area contributed by atoms with Crippen LogP contribution in [0.5, 0.6) is 0 Å². The van der Waals surface area contributed by atoms with E-state index in [0.717, 1.165) is 12.1 Å². The minimum Gasteiger partial charge on any atom is -0.280 e. The summed E-state index contributed by atoms with van der Waals surface area (Å²) in [6.07, 6.45) is 0. The molecule has 1 aromatic rings. The molecule has 0 spiro atoms. The van der Waals surface area contributed by atoms with Crippen LogP contribution in [0.15, 0.2) is 16.6 Å². The van der Waals surface area contributed by atoms with Crippen molar-refractivity contribution in [2.45, 2.75) is 0 Å². The van der Waals surface area contributed by atoms with Gasteiger partial charge in [0.05, 0.1) is 15.9 Å². The van der Waals surface area contributed by atoms with Crippen LogP contribution in [0.1, 0.15) is 0 Å². The summed E-state index contributed by atoms with van der Waals surface area (Å²) < 4.78 is 50.6. The average molecular weight is 335 g/mol. The molecule has 1 N–H and O–H groups in total. The Labute approximate surface area is 105 Å². The first-order valence-corrected chi connectivity index (χ1v) is 7.04. The van der Waals surface area contributed by atoms with E-state index in [1.807, 2.05) is 4.72 Å². The lowest BCUT2D eigenvalue weighted by Crippen LogP contribution is -2.18. The van der Waals surface area contributed by atoms with Crippen LogP contribution in [-0.2, 0) is 10.0 Å². The lowest BCUT2D eigenvalue weighted by Gasteiger charge is -2.08. The summed E-state index contributed by atoms with van der Waals surface area (Å²) in [4.78, 5) is 0. The van der Waals surface area contributed by atoms with Gasteiger partial charge in [-0.1, -0.05) is 0 Å². The quantitative estimate of drug-likeness (QED) is 0.680. The van der Waals surface area contributed by atoms with Crippen molar-refractivity contribution in [2.24, 2.45) is 0 Å². The van der Waals surface area contributed by atoms with Crippen molar-refractivity contribution < 1.29 is 17.2 Å². The zero-order chi connectivity index (χ0) is 12.3. The summed E-state index contributed by atoms with van der Waals surface area (Å²) >= 11 is 8.03. The third-order valence-electron chi connectivity index (χ3n) is 1.62. The molecule has 0 saturated carbocycles. The number of alkyl halides is 1. The van der Waals surface area contributed by atoms with Crippen molar-refractivity contribution in [3.63, 3.8) is 0 Å². The molecular formula is C8H7BrClF2NO2S. The number of sulfonamides is 1. The molecule has 1 aromatic carbocycles. The molecule has 0 saturated heterocycles. The molecule has 90 valence electrons. The number of anilines is 1. The van der Waals surface area contributed by atoms with Crippen LogP contribution < -0.4 is 4.72 Å². The largest absolute Gasteiger partial charge is 0.280 e. The number of hydrogen-bond donors (Lipinski definition) is 1. The fourth-order valence-corrected chi connectivity index (χ4v) is 2.64. The molecule has 0 amide bonds.